The molecule has 0 amide bonds. The minimum atomic E-state index is 0. The van der Waals surface area contributed by atoms with Gasteiger partial charge in [0.15, 0.2) is 0 Å². The molecule has 8 rings (SSSR count). The van der Waals surface area contributed by atoms with Crippen molar-refractivity contribution in [2.24, 2.45) is 0 Å². The van der Waals surface area contributed by atoms with E-state index >= 15 is 0 Å². The Bertz CT molecular complexity index is 2070. The first-order valence-electron chi connectivity index (χ1n) is 16.3. The van der Waals surface area contributed by atoms with Crippen molar-refractivity contribution in [2.75, 3.05) is 6.61 Å². The van der Waals surface area contributed by atoms with E-state index in [9.17, 15) is 5.11 Å². The fourth-order valence-corrected chi connectivity index (χ4v) is 5.70. The van der Waals surface area contributed by atoms with Crippen molar-refractivity contribution < 1.29 is 9.84 Å². The second kappa shape index (κ2) is 17.0. The van der Waals surface area contributed by atoms with Gasteiger partial charge in [-0.2, -0.15) is 0 Å². The van der Waals surface area contributed by atoms with E-state index in [0.717, 1.165) is 11.1 Å². The van der Waals surface area contributed by atoms with Gasteiger partial charge in [-0.15, -0.1) is 0 Å². The smallest absolute Gasteiger partial charge is 0.127 e. The second-order valence-corrected chi connectivity index (χ2v) is 10.9. The molecule has 1 N–H and O–H groups in total. The predicted molar refractivity (Wildman–Crippen MR) is 208 cm³/mol. The van der Waals surface area contributed by atoms with Gasteiger partial charge in [0, 0.05) is 21.5 Å². The minimum absolute atomic E-state index is 0. The molecule has 0 aromatic heterocycles. The van der Waals surface area contributed by atoms with Crippen molar-refractivity contribution in [3.05, 3.63) is 122 Å². The van der Waals surface area contributed by atoms with Gasteiger partial charge in [0.25, 0.3) is 0 Å². The summed E-state index contributed by atoms with van der Waals surface area (Å²) in [5.41, 5.74) is 0. The van der Waals surface area contributed by atoms with E-state index in [-0.39, 0.29) is 7.43 Å². The topological polar surface area (TPSA) is 29.5 Å². The van der Waals surface area contributed by atoms with E-state index in [1.54, 1.807) is 12.1 Å². The summed E-state index contributed by atoms with van der Waals surface area (Å²) in [5, 5.41) is 24.5. The highest BCUT2D eigenvalue weighted by atomic mass is 16.5. The Morgan fingerprint density at radius 1 is 0.522 bits per heavy atom. The molecule has 0 heterocycles. The lowest BCUT2D eigenvalue weighted by Crippen LogP contribution is -1.94. The number of phenolic OH excluding ortho intramolecular Hbond substituents is 1. The molecule has 0 saturated carbocycles. The molecule has 0 unspecified atom stereocenters. The van der Waals surface area contributed by atoms with Gasteiger partial charge in [-0.05, 0) is 61.3 Å². The predicted octanol–water partition coefficient (Wildman–Crippen LogP) is 13.9. The van der Waals surface area contributed by atoms with Crippen LogP contribution in [0, 0.1) is 0 Å². The molecule has 238 valence electrons. The average molecular weight is 611 g/mol. The van der Waals surface area contributed by atoms with Crippen LogP contribution in [-0.4, -0.2) is 11.7 Å². The molecular weight excluding hydrogens is 560 g/mol. The van der Waals surface area contributed by atoms with Crippen molar-refractivity contribution in [1.29, 1.82) is 0 Å². The molecule has 0 spiro atoms. The number of phenols is 1. The van der Waals surface area contributed by atoms with Crippen LogP contribution < -0.4 is 4.74 Å². The van der Waals surface area contributed by atoms with Gasteiger partial charge in [0.05, 0.1) is 0 Å². The molecular formula is C44H50O2. The molecule has 0 radical (unpaired) electrons. The molecule has 46 heavy (non-hydrogen) atoms. The Morgan fingerprint density at radius 2 is 0.870 bits per heavy atom. The lowest BCUT2D eigenvalue weighted by atomic mass is 9.94. The Morgan fingerprint density at radius 3 is 1.33 bits per heavy atom. The molecule has 0 aliphatic heterocycles. The maximum atomic E-state index is 9.95. The third kappa shape index (κ3) is 7.18. The lowest BCUT2D eigenvalue weighted by Gasteiger charge is -2.13. The largest absolute Gasteiger partial charge is 0.507 e. The van der Waals surface area contributed by atoms with Crippen LogP contribution in [0.5, 0.6) is 11.5 Å². The number of hydrogen-bond donors (Lipinski definition) is 1. The number of benzene rings is 8. The Labute approximate surface area is 275 Å². The fraction of sp³-hybridized carbons (Fsp3) is 0.227. The zero-order chi connectivity index (χ0) is 32.3. The quantitative estimate of drug-likeness (QED) is 0.159. The normalized spacial score (nSPS) is 10.2. The average Bonchev–Trinajstić information content (AvgIpc) is 3.08. The molecule has 2 heteroatoms. The zero-order valence-corrected chi connectivity index (χ0v) is 27.7. The Kier molecular flexibility index (Phi) is 13.2. The van der Waals surface area contributed by atoms with Crippen molar-refractivity contribution in [1.82, 2.24) is 0 Å². The van der Waals surface area contributed by atoms with Crippen LogP contribution >= 0.6 is 0 Å². The Hall–Kier alpha value is -4.82. The maximum absolute atomic E-state index is 9.95. The molecule has 0 fully saturated rings. The molecule has 0 bridgehead atoms. The van der Waals surface area contributed by atoms with Gasteiger partial charge in [-0.1, -0.05) is 165 Å². The third-order valence-corrected chi connectivity index (χ3v) is 7.35. The first-order chi connectivity index (χ1) is 22.1. The Balaban J connectivity index is 0.000000203. The summed E-state index contributed by atoms with van der Waals surface area (Å²) in [4.78, 5) is 0. The van der Waals surface area contributed by atoms with Crippen LogP contribution in [0.25, 0.3) is 64.6 Å². The molecule has 8 aromatic carbocycles. The van der Waals surface area contributed by atoms with Crippen molar-refractivity contribution in [2.45, 2.75) is 61.8 Å². The van der Waals surface area contributed by atoms with E-state index in [1.807, 2.05) is 32.0 Å². The number of ether oxygens (including phenoxy) is 1. The first-order valence-corrected chi connectivity index (χ1v) is 16.3. The van der Waals surface area contributed by atoms with Crippen molar-refractivity contribution in [3.8, 4) is 11.5 Å². The zero-order valence-electron chi connectivity index (χ0n) is 27.7. The van der Waals surface area contributed by atoms with Crippen LogP contribution in [0.3, 0.4) is 0 Å². The first kappa shape index (κ1) is 35.7. The molecule has 2 nitrogen and oxygen atoms in total. The van der Waals surface area contributed by atoms with Gasteiger partial charge in [-0.3, -0.25) is 0 Å². The summed E-state index contributed by atoms with van der Waals surface area (Å²) in [7, 11) is 0. The van der Waals surface area contributed by atoms with Crippen LogP contribution in [0.15, 0.2) is 122 Å². The summed E-state index contributed by atoms with van der Waals surface area (Å²) in [6.07, 6.45) is 4.28. The fourth-order valence-electron chi connectivity index (χ4n) is 5.70. The van der Waals surface area contributed by atoms with Crippen LogP contribution in [0.1, 0.15) is 61.8 Å². The number of aromatic hydroxyl groups is 1. The summed E-state index contributed by atoms with van der Waals surface area (Å²) < 4.78 is 5.79. The molecule has 0 saturated heterocycles. The van der Waals surface area contributed by atoms with E-state index < -0.39 is 0 Å². The molecule has 0 aliphatic carbocycles. The van der Waals surface area contributed by atoms with E-state index in [1.165, 1.54) is 72.1 Å². The number of hydrogen-bond acceptors (Lipinski definition) is 2. The number of rotatable bonds is 3. The van der Waals surface area contributed by atoms with Crippen LogP contribution in [0.4, 0.5) is 0 Å². The third-order valence-electron chi connectivity index (χ3n) is 7.35. The lowest BCUT2D eigenvalue weighted by molar-refractivity contribution is 0.368. The molecule has 0 atom stereocenters. The summed E-state index contributed by atoms with van der Waals surface area (Å²) in [5.74, 6) is 1.28. The monoisotopic (exact) mass is 610 g/mol. The molecule has 0 aliphatic rings. The van der Waals surface area contributed by atoms with E-state index in [2.05, 4.69) is 119 Å². The highest BCUT2D eigenvalue weighted by Crippen LogP contribution is 2.39. The molecule has 8 aromatic rings. The van der Waals surface area contributed by atoms with Gasteiger partial charge < -0.3 is 9.84 Å². The SMILES string of the molecule is C.C=CCOc1ccc2ccc3cccc4ccc1c2c34.CC.CCC.CCC.Oc1ccc2ccc3cccc4ccc1c2c34. The van der Waals surface area contributed by atoms with Crippen LogP contribution in [-0.2, 0) is 0 Å². The standard InChI is InChI=1S/C19H14O.C16H10O.2C3H8.C2H6.CH4/c1-2-12-20-17-11-9-15-7-6-13-4-3-5-14-8-10-16(17)19(15)18(13)14;17-14-9-7-12-5-4-10-2-1-3-11-6-8-13(14)16(12)15(10)11;2*1-3-2;1-2;/h2-11H,1,12H2;1-9,17H;2*3H2,1-2H3;1-2H3;1H4. The van der Waals surface area contributed by atoms with Crippen LogP contribution in [0.2, 0.25) is 0 Å². The van der Waals surface area contributed by atoms with Crippen molar-refractivity contribution >= 4 is 64.6 Å². The summed E-state index contributed by atoms with van der Waals surface area (Å²) >= 11 is 0. The van der Waals surface area contributed by atoms with Gasteiger partial charge in [0.1, 0.15) is 18.1 Å². The van der Waals surface area contributed by atoms with Gasteiger partial charge in [0.2, 0.25) is 0 Å². The summed E-state index contributed by atoms with van der Waals surface area (Å²) in [6, 6.07) is 37.7. The van der Waals surface area contributed by atoms with Crippen molar-refractivity contribution in [3.63, 3.8) is 0 Å². The maximum Gasteiger partial charge on any atom is 0.127 e. The second-order valence-electron chi connectivity index (χ2n) is 10.9. The van der Waals surface area contributed by atoms with E-state index in [0.29, 0.717) is 12.4 Å². The highest BCUT2D eigenvalue weighted by Gasteiger charge is 2.11. The van der Waals surface area contributed by atoms with Gasteiger partial charge >= 0.3 is 0 Å². The highest BCUT2D eigenvalue weighted by molar-refractivity contribution is 6.25. The minimum Gasteiger partial charge on any atom is -0.507 e. The summed E-state index contributed by atoms with van der Waals surface area (Å²) in [6.45, 7) is 16.7. The van der Waals surface area contributed by atoms with Gasteiger partial charge in [-0.25, -0.2) is 0 Å². The van der Waals surface area contributed by atoms with E-state index in [4.69, 9.17) is 4.74 Å².